The van der Waals surface area contributed by atoms with Gasteiger partial charge < -0.3 is 45.5 Å². The molecule has 282 valence electrons. The number of phenols is 2. The van der Waals surface area contributed by atoms with E-state index in [-0.39, 0.29) is 59.7 Å². The number of imide groups is 1. The van der Waals surface area contributed by atoms with Crippen molar-refractivity contribution in [3.63, 3.8) is 0 Å². The van der Waals surface area contributed by atoms with Crippen molar-refractivity contribution in [1.29, 1.82) is 0 Å². The molecular formula is C36H40N4O13. The summed E-state index contributed by atoms with van der Waals surface area (Å²) in [6.45, 7) is -0.854. The lowest BCUT2D eigenvalue weighted by molar-refractivity contribution is -0.220. The number of hydrazone groups is 1. The molecule has 0 radical (unpaired) electrons. The van der Waals surface area contributed by atoms with E-state index in [1.54, 1.807) is 0 Å². The second kappa shape index (κ2) is 15.1. The van der Waals surface area contributed by atoms with E-state index in [2.05, 4.69) is 10.5 Å². The third-order valence-corrected chi connectivity index (χ3v) is 9.99. The third kappa shape index (κ3) is 7.06. The number of aromatic hydroxyl groups is 2. The van der Waals surface area contributed by atoms with Gasteiger partial charge in [-0.3, -0.25) is 28.9 Å². The number of phenolic OH excluding ortho intramolecular Hbond substituents is 2. The minimum atomic E-state index is -2.15. The van der Waals surface area contributed by atoms with Gasteiger partial charge >= 0.3 is 0 Å². The molecule has 2 aromatic rings. The van der Waals surface area contributed by atoms with Gasteiger partial charge in [-0.1, -0.05) is 18.6 Å². The Morgan fingerprint density at radius 2 is 1.77 bits per heavy atom. The topological polar surface area (TPSA) is 268 Å². The monoisotopic (exact) mass is 736 g/mol. The number of rotatable bonds is 12. The Balaban J connectivity index is 1.28. The molecule has 5 atom stereocenters. The van der Waals surface area contributed by atoms with Crippen molar-refractivity contribution < 1.29 is 63.7 Å². The molecule has 0 aromatic heterocycles. The number of carbonyl (C=O) groups is 5. The van der Waals surface area contributed by atoms with Crippen LogP contribution in [-0.4, -0.2) is 116 Å². The standard InChI is InChI=1S/C36H40N4O13/c1-51-21-7-5-6-17-28(21)34(48)31-30(32(17)46)33(47)18-13-36(50,14-22(29(18)35(31)49)53-27-12-19(37)20(42)16-52-27)23(15-41)38-39-24(43)8-3-2-4-11-40-25(44)9-10-26(40)45/h5-7,9-10,19-20,22,27,41-42,47,49-50H,2-4,8,11-16,37H2,1H3,(H,39,43)/b38-23+/t19-,20-,22?,27+,36?/m1/s1. The second-order valence-corrected chi connectivity index (χ2v) is 13.4. The average molecular weight is 737 g/mol. The molecule has 2 aliphatic carbocycles. The molecule has 1 saturated heterocycles. The molecule has 53 heavy (non-hydrogen) atoms. The molecule has 1 fully saturated rings. The quantitative estimate of drug-likeness (QED) is 0.0424. The number of nitrogens with one attached hydrogen (secondary N) is 1. The van der Waals surface area contributed by atoms with Gasteiger partial charge in [0.25, 0.3) is 11.8 Å². The molecule has 2 heterocycles. The average Bonchev–Trinajstić information content (AvgIpc) is 3.45. The van der Waals surface area contributed by atoms with Crippen LogP contribution in [0.15, 0.2) is 35.5 Å². The normalized spacial score (nSPS) is 25.3. The van der Waals surface area contributed by atoms with Crippen LogP contribution < -0.4 is 15.9 Å². The number of fused-ring (bicyclic) bond motifs is 3. The first-order chi connectivity index (χ1) is 25.3. The van der Waals surface area contributed by atoms with E-state index in [0.29, 0.717) is 19.3 Å². The van der Waals surface area contributed by atoms with E-state index in [1.807, 2.05) is 0 Å². The number of unbranched alkanes of at least 4 members (excludes halogenated alkanes) is 2. The Labute approximate surface area is 302 Å². The Morgan fingerprint density at radius 3 is 2.45 bits per heavy atom. The SMILES string of the molecule is COc1cccc2c1C(=O)c1c(O)c3c(c(O)c1C2=O)CC(O)(/C(CO)=N/NC(=O)CCCCCN1C(=O)C=CC1=O)CC3O[C@H]1C[C@@H](N)[C@H](O)CO1. The predicted octanol–water partition coefficient (Wildman–Crippen LogP) is 0.00130. The highest BCUT2D eigenvalue weighted by Crippen LogP contribution is 2.52. The summed E-state index contributed by atoms with van der Waals surface area (Å²) >= 11 is 0. The summed E-state index contributed by atoms with van der Waals surface area (Å²) in [5, 5.41) is 60.0. The molecule has 0 saturated carbocycles. The van der Waals surface area contributed by atoms with Gasteiger partial charge in [0.15, 0.2) is 12.1 Å². The van der Waals surface area contributed by atoms with Crippen LogP contribution >= 0.6 is 0 Å². The van der Waals surface area contributed by atoms with Crippen molar-refractivity contribution in [1.82, 2.24) is 10.3 Å². The minimum Gasteiger partial charge on any atom is -0.507 e. The summed E-state index contributed by atoms with van der Waals surface area (Å²) < 4.78 is 17.1. The van der Waals surface area contributed by atoms with E-state index in [9.17, 15) is 49.5 Å². The number of benzene rings is 2. The number of aliphatic hydroxyl groups is 3. The van der Waals surface area contributed by atoms with Gasteiger partial charge in [0.1, 0.15) is 22.8 Å². The van der Waals surface area contributed by atoms with Crippen LogP contribution in [0.25, 0.3) is 0 Å². The summed E-state index contributed by atoms with van der Waals surface area (Å²) in [6, 6.07) is 3.59. The highest BCUT2D eigenvalue weighted by atomic mass is 16.7. The van der Waals surface area contributed by atoms with E-state index in [4.69, 9.17) is 19.9 Å². The number of ether oxygens (including phenoxy) is 3. The van der Waals surface area contributed by atoms with Gasteiger partial charge in [-0.25, -0.2) is 5.43 Å². The number of nitrogens with zero attached hydrogens (tertiary/aromatic N) is 2. The molecule has 2 unspecified atom stereocenters. The number of carbonyl (C=O) groups excluding carboxylic acids is 5. The van der Waals surface area contributed by atoms with Gasteiger partial charge in [0, 0.05) is 67.1 Å². The van der Waals surface area contributed by atoms with Gasteiger partial charge in [-0.05, 0) is 18.9 Å². The van der Waals surface area contributed by atoms with Crippen LogP contribution in [0.1, 0.15) is 87.6 Å². The maximum absolute atomic E-state index is 13.9. The van der Waals surface area contributed by atoms with Crippen molar-refractivity contribution in [2.75, 3.05) is 26.9 Å². The summed E-state index contributed by atoms with van der Waals surface area (Å²) in [5.74, 6) is -4.24. The maximum atomic E-state index is 13.9. The van der Waals surface area contributed by atoms with Crippen LogP contribution in [0.5, 0.6) is 17.2 Å². The van der Waals surface area contributed by atoms with Gasteiger partial charge in [-0.2, -0.15) is 5.10 Å². The second-order valence-electron chi connectivity index (χ2n) is 13.4. The van der Waals surface area contributed by atoms with E-state index < -0.39 is 102 Å². The molecule has 2 aliphatic heterocycles. The Morgan fingerprint density at radius 1 is 1.06 bits per heavy atom. The fraction of sp³-hybridized carbons (Fsp3) is 0.444. The molecule has 0 bridgehead atoms. The van der Waals surface area contributed by atoms with Crippen molar-refractivity contribution in [2.24, 2.45) is 10.8 Å². The minimum absolute atomic E-state index is 0.0102. The lowest BCUT2D eigenvalue weighted by Crippen LogP contribution is -2.50. The zero-order valence-electron chi connectivity index (χ0n) is 28.7. The van der Waals surface area contributed by atoms with E-state index >= 15 is 0 Å². The number of hydrogen-bond acceptors (Lipinski definition) is 15. The molecule has 4 aliphatic rings. The zero-order valence-corrected chi connectivity index (χ0v) is 28.7. The molecule has 17 nitrogen and oxygen atoms in total. The van der Waals surface area contributed by atoms with E-state index in [1.165, 1.54) is 37.5 Å². The number of aliphatic hydroxyl groups excluding tert-OH is 2. The lowest BCUT2D eigenvalue weighted by atomic mass is 9.71. The number of amides is 3. The van der Waals surface area contributed by atoms with Crippen LogP contribution in [-0.2, 0) is 30.3 Å². The number of nitrogens with two attached hydrogens (primary N) is 1. The molecule has 17 heteroatoms. The number of methoxy groups -OCH3 is 1. The highest BCUT2D eigenvalue weighted by Gasteiger charge is 2.49. The number of hydrogen-bond donors (Lipinski definition) is 7. The van der Waals surface area contributed by atoms with Crippen LogP contribution in [0.2, 0.25) is 0 Å². The first-order valence-electron chi connectivity index (χ1n) is 17.1. The number of ketones is 2. The smallest absolute Gasteiger partial charge is 0.253 e. The molecular weight excluding hydrogens is 696 g/mol. The summed E-state index contributed by atoms with van der Waals surface area (Å²) in [6.07, 6.45) is -0.691. The zero-order chi connectivity index (χ0) is 38.2. The van der Waals surface area contributed by atoms with Crippen LogP contribution in [0.3, 0.4) is 0 Å². The maximum Gasteiger partial charge on any atom is 0.253 e. The van der Waals surface area contributed by atoms with Crippen molar-refractivity contribution in [3.05, 3.63) is 63.7 Å². The van der Waals surface area contributed by atoms with Crippen LogP contribution in [0, 0.1) is 0 Å². The highest BCUT2D eigenvalue weighted by molar-refractivity contribution is 6.31. The molecule has 2 aromatic carbocycles. The molecule has 6 rings (SSSR count). The summed E-state index contributed by atoms with van der Waals surface area (Å²) in [5.41, 5.74) is 4.38. The molecule has 8 N–H and O–H groups in total. The summed E-state index contributed by atoms with van der Waals surface area (Å²) in [4.78, 5) is 64.9. The molecule has 0 spiro atoms. The lowest BCUT2D eigenvalue weighted by Gasteiger charge is -2.42. The third-order valence-electron chi connectivity index (χ3n) is 9.99. The first kappa shape index (κ1) is 37.7. The van der Waals surface area contributed by atoms with E-state index in [0.717, 1.165) is 4.90 Å². The van der Waals surface area contributed by atoms with Gasteiger partial charge in [0.05, 0.1) is 54.9 Å². The summed E-state index contributed by atoms with van der Waals surface area (Å²) in [7, 11) is 1.31. The predicted molar refractivity (Wildman–Crippen MR) is 182 cm³/mol. The van der Waals surface area contributed by atoms with Crippen molar-refractivity contribution in [3.8, 4) is 17.2 Å². The van der Waals surface area contributed by atoms with Crippen LogP contribution in [0.4, 0.5) is 0 Å². The Bertz CT molecular complexity index is 1910. The van der Waals surface area contributed by atoms with Crippen molar-refractivity contribution >= 4 is 35.0 Å². The molecule has 3 amide bonds. The fourth-order valence-electron chi connectivity index (χ4n) is 7.17. The van der Waals surface area contributed by atoms with Gasteiger partial charge in [-0.15, -0.1) is 0 Å². The Kier molecular flexibility index (Phi) is 10.8. The van der Waals surface area contributed by atoms with Gasteiger partial charge in [0.2, 0.25) is 11.7 Å². The first-order valence-corrected chi connectivity index (χ1v) is 17.1. The fourth-order valence-corrected chi connectivity index (χ4v) is 7.17. The Hall–Kier alpha value is -5.04. The van der Waals surface area contributed by atoms with Crippen molar-refractivity contribution in [2.45, 2.75) is 75.1 Å². The largest absolute Gasteiger partial charge is 0.507 e.